The van der Waals surface area contributed by atoms with Crippen molar-refractivity contribution in [2.75, 3.05) is 34.5 Å². The van der Waals surface area contributed by atoms with Gasteiger partial charge in [0.25, 0.3) is 0 Å². The number of methoxy groups -OCH3 is 3. The second kappa shape index (κ2) is 9.99. The first-order chi connectivity index (χ1) is 14.2. The Morgan fingerprint density at radius 2 is 1.76 bits per heavy atom. The van der Waals surface area contributed by atoms with E-state index in [1.807, 2.05) is 42.5 Å². The Balaban J connectivity index is 1.48. The van der Waals surface area contributed by atoms with Crippen LogP contribution < -0.4 is 35.1 Å². The molecule has 2 unspecified atom stereocenters. The van der Waals surface area contributed by atoms with Gasteiger partial charge in [0, 0.05) is 11.6 Å². The number of carbonyl (C=O) groups excluding carboxylic acids is 1. The van der Waals surface area contributed by atoms with E-state index < -0.39 is 0 Å². The van der Waals surface area contributed by atoms with Crippen molar-refractivity contribution < 1.29 is 23.7 Å². The van der Waals surface area contributed by atoms with E-state index in [1.54, 1.807) is 21.3 Å². The van der Waals surface area contributed by atoms with Gasteiger partial charge in [0.05, 0.1) is 33.9 Å². The number of ether oxygens (including phenoxy) is 4. The average Bonchev–Trinajstić information content (AvgIpc) is 3.26. The second-order valence-corrected chi connectivity index (χ2v) is 6.53. The Morgan fingerprint density at radius 1 is 1.00 bits per heavy atom. The van der Waals surface area contributed by atoms with Crippen molar-refractivity contribution in [2.24, 2.45) is 0 Å². The van der Waals surface area contributed by atoms with Crippen LogP contribution in [0.3, 0.4) is 0 Å². The molecule has 2 aromatic rings. The summed E-state index contributed by atoms with van der Waals surface area (Å²) in [4.78, 5) is 12.5. The maximum atomic E-state index is 12.5. The average molecular weight is 401 g/mol. The molecule has 0 bridgehead atoms. The standard InChI is InChI=1S/C21H27N3O5/c1-26-14-8-9-15(20(12-14)28-3)16-13-17(24-23-16)21(25)22-10-11-29-19-7-5-4-6-18(19)27-2/h4-9,12,16-17,23-24H,10-11,13H2,1-3H3,(H,22,25). The highest BCUT2D eigenvalue weighted by Gasteiger charge is 2.31. The van der Waals surface area contributed by atoms with Gasteiger partial charge in [0.1, 0.15) is 24.1 Å². The minimum atomic E-state index is -0.349. The lowest BCUT2D eigenvalue weighted by Crippen LogP contribution is -2.44. The van der Waals surface area contributed by atoms with E-state index in [2.05, 4.69) is 16.2 Å². The number of amides is 1. The molecule has 1 amide bonds. The van der Waals surface area contributed by atoms with E-state index in [0.29, 0.717) is 31.1 Å². The molecule has 8 nitrogen and oxygen atoms in total. The molecule has 29 heavy (non-hydrogen) atoms. The van der Waals surface area contributed by atoms with Crippen LogP contribution in [0, 0.1) is 0 Å². The molecule has 8 heteroatoms. The first-order valence-corrected chi connectivity index (χ1v) is 9.42. The third kappa shape index (κ3) is 5.10. The number of benzene rings is 2. The summed E-state index contributed by atoms with van der Waals surface area (Å²) in [7, 11) is 4.82. The predicted octanol–water partition coefficient (Wildman–Crippen LogP) is 1.82. The number of para-hydroxylation sites is 2. The summed E-state index contributed by atoms with van der Waals surface area (Å²) < 4.78 is 21.6. The van der Waals surface area contributed by atoms with Gasteiger partial charge in [-0.05, 0) is 24.6 Å². The maximum Gasteiger partial charge on any atom is 0.238 e. The van der Waals surface area contributed by atoms with Crippen LogP contribution in [0.15, 0.2) is 42.5 Å². The molecule has 3 rings (SSSR count). The lowest BCUT2D eigenvalue weighted by Gasteiger charge is -2.15. The lowest BCUT2D eigenvalue weighted by molar-refractivity contribution is -0.123. The van der Waals surface area contributed by atoms with E-state index >= 15 is 0 Å². The summed E-state index contributed by atoms with van der Waals surface area (Å²) in [6.45, 7) is 0.744. The molecule has 0 spiro atoms. The van der Waals surface area contributed by atoms with Crippen molar-refractivity contribution in [1.82, 2.24) is 16.2 Å². The van der Waals surface area contributed by atoms with Crippen LogP contribution in [0.4, 0.5) is 0 Å². The van der Waals surface area contributed by atoms with Crippen molar-refractivity contribution in [3.05, 3.63) is 48.0 Å². The second-order valence-electron chi connectivity index (χ2n) is 6.53. The Bertz CT molecular complexity index is 830. The summed E-state index contributed by atoms with van der Waals surface area (Å²) in [5.74, 6) is 2.67. The SMILES string of the molecule is COc1ccc(C2CC(C(=O)NCCOc3ccccc3OC)NN2)c(OC)c1. The third-order valence-corrected chi connectivity index (χ3v) is 4.76. The molecule has 1 aliphatic heterocycles. The largest absolute Gasteiger partial charge is 0.497 e. The molecule has 0 aliphatic carbocycles. The number of hydrogen-bond donors (Lipinski definition) is 3. The Hall–Kier alpha value is -2.97. The van der Waals surface area contributed by atoms with Crippen molar-refractivity contribution in [2.45, 2.75) is 18.5 Å². The minimum absolute atomic E-state index is 0.0450. The summed E-state index contributed by atoms with van der Waals surface area (Å²) in [6.07, 6.45) is 0.599. The zero-order chi connectivity index (χ0) is 20.6. The highest BCUT2D eigenvalue weighted by molar-refractivity contribution is 5.82. The molecule has 0 radical (unpaired) electrons. The van der Waals surface area contributed by atoms with Crippen LogP contribution in [0.25, 0.3) is 0 Å². The zero-order valence-corrected chi connectivity index (χ0v) is 16.9. The molecule has 1 heterocycles. The molecule has 3 N–H and O–H groups in total. The fourth-order valence-corrected chi connectivity index (χ4v) is 3.23. The number of hydrogen-bond acceptors (Lipinski definition) is 7. The van der Waals surface area contributed by atoms with Crippen molar-refractivity contribution in [3.63, 3.8) is 0 Å². The smallest absolute Gasteiger partial charge is 0.238 e. The number of carbonyl (C=O) groups is 1. The molecule has 0 saturated carbocycles. The van der Waals surface area contributed by atoms with Crippen LogP contribution in [0.2, 0.25) is 0 Å². The normalized spacial score (nSPS) is 18.2. The first-order valence-electron chi connectivity index (χ1n) is 9.42. The quantitative estimate of drug-likeness (QED) is 0.552. The summed E-state index contributed by atoms with van der Waals surface area (Å²) in [5.41, 5.74) is 7.19. The molecular weight excluding hydrogens is 374 g/mol. The molecule has 0 aromatic heterocycles. The topological polar surface area (TPSA) is 90.1 Å². The van der Waals surface area contributed by atoms with E-state index in [-0.39, 0.29) is 18.0 Å². The minimum Gasteiger partial charge on any atom is -0.497 e. The summed E-state index contributed by atoms with van der Waals surface area (Å²) in [6, 6.07) is 12.7. The fraction of sp³-hybridized carbons (Fsp3) is 0.381. The predicted molar refractivity (Wildman–Crippen MR) is 108 cm³/mol. The summed E-state index contributed by atoms with van der Waals surface area (Å²) >= 11 is 0. The Morgan fingerprint density at radius 3 is 2.48 bits per heavy atom. The lowest BCUT2D eigenvalue weighted by atomic mass is 10.0. The van der Waals surface area contributed by atoms with Gasteiger partial charge in [-0.3, -0.25) is 4.79 Å². The van der Waals surface area contributed by atoms with Crippen molar-refractivity contribution in [1.29, 1.82) is 0 Å². The molecule has 1 fully saturated rings. The van der Waals surface area contributed by atoms with Crippen LogP contribution >= 0.6 is 0 Å². The monoisotopic (exact) mass is 401 g/mol. The Labute approximate surface area is 170 Å². The van der Waals surface area contributed by atoms with Crippen LogP contribution in [0.5, 0.6) is 23.0 Å². The van der Waals surface area contributed by atoms with Gasteiger partial charge in [-0.1, -0.05) is 18.2 Å². The van der Waals surface area contributed by atoms with Gasteiger partial charge < -0.3 is 24.3 Å². The van der Waals surface area contributed by atoms with Crippen LogP contribution in [-0.2, 0) is 4.79 Å². The molecule has 1 saturated heterocycles. The third-order valence-electron chi connectivity index (χ3n) is 4.76. The zero-order valence-electron chi connectivity index (χ0n) is 16.9. The van der Waals surface area contributed by atoms with Crippen molar-refractivity contribution >= 4 is 5.91 Å². The molecule has 1 aliphatic rings. The summed E-state index contributed by atoms with van der Waals surface area (Å²) in [5, 5.41) is 2.89. The van der Waals surface area contributed by atoms with E-state index in [9.17, 15) is 4.79 Å². The van der Waals surface area contributed by atoms with E-state index in [4.69, 9.17) is 18.9 Å². The number of nitrogens with one attached hydrogen (secondary N) is 3. The number of hydrazine groups is 1. The van der Waals surface area contributed by atoms with Gasteiger partial charge in [-0.15, -0.1) is 0 Å². The van der Waals surface area contributed by atoms with Gasteiger partial charge in [0.2, 0.25) is 5.91 Å². The highest BCUT2D eigenvalue weighted by atomic mass is 16.5. The molecule has 2 aromatic carbocycles. The van der Waals surface area contributed by atoms with Gasteiger partial charge >= 0.3 is 0 Å². The van der Waals surface area contributed by atoms with Gasteiger partial charge in [-0.25, -0.2) is 10.9 Å². The van der Waals surface area contributed by atoms with Gasteiger partial charge in [-0.2, -0.15) is 0 Å². The molecule has 2 atom stereocenters. The van der Waals surface area contributed by atoms with Gasteiger partial charge in [0.15, 0.2) is 11.5 Å². The maximum absolute atomic E-state index is 12.5. The van der Waals surface area contributed by atoms with E-state index in [1.165, 1.54) is 0 Å². The van der Waals surface area contributed by atoms with E-state index in [0.717, 1.165) is 17.1 Å². The Kier molecular flexibility index (Phi) is 7.15. The van der Waals surface area contributed by atoms with Crippen LogP contribution in [-0.4, -0.2) is 46.4 Å². The fourth-order valence-electron chi connectivity index (χ4n) is 3.23. The first kappa shape index (κ1) is 20.8. The van der Waals surface area contributed by atoms with Crippen LogP contribution in [0.1, 0.15) is 18.0 Å². The van der Waals surface area contributed by atoms with Crippen molar-refractivity contribution in [3.8, 4) is 23.0 Å². The number of rotatable bonds is 9. The molecular formula is C21H27N3O5. The highest BCUT2D eigenvalue weighted by Crippen LogP contribution is 2.33. The molecule has 156 valence electrons.